The van der Waals surface area contributed by atoms with E-state index in [-0.39, 0.29) is 0 Å². The van der Waals surface area contributed by atoms with Gasteiger partial charge in [-0.3, -0.25) is 0 Å². The molecule has 2 heterocycles. The molecule has 2 atom stereocenters. The van der Waals surface area contributed by atoms with Crippen molar-refractivity contribution in [1.82, 2.24) is 9.97 Å². The Labute approximate surface area is 104 Å². The van der Waals surface area contributed by atoms with Gasteiger partial charge in [-0.05, 0) is 47.5 Å². The first kappa shape index (κ1) is 10.5. The molecule has 2 unspecified atom stereocenters. The third-order valence-corrected chi connectivity index (χ3v) is 4.27. The molecule has 1 saturated carbocycles. The number of piperidine rings is 1. The molecule has 0 bridgehead atoms. The summed E-state index contributed by atoms with van der Waals surface area (Å²) in [6.45, 7) is 1.13. The first-order valence-electron chi connectivity index (χ1n) is 6.09. The molecule has 0 N–H and O–H groups in total. The Balaban J connectivity index is 1.85. The zero-order valence-electron chi connectivity index (χ0n) is 9.27. The van der Waals surface area contributed by atoms with Crippen LogP contribution in [0.2, 0.25) is 0 Å². The molecule has 2 fully saturated rings. The molecule has 0 amide bonds. The van der Waals surface area contributed by atoms with E-state index in [1.807, 2.05) is 12.4 Å². The maximum atomic E-state index is 4.43. The largest absolute Gasteiger partial charge is 0.338 e. The van der Waals surface area contributed by atoms with Crippen LogP contribution < -0.4 is 4.90 Å². The van der Waals surface area contributed by atoms with Gasteiger partial charge < -0.3 is 4.90 Å². The SMILES string of the molecule is Brc1cnc(N2CCCC3CCCC32)nc1. The fraction of sp³-hybridized carbons (Fsp3) is 0.667. The highest BCUT2D eigenvalue weighted by molar-refractivity contribution is 9.10. The summed E-state index contributed by atoms with van der Waals surface area (Å²) in [5.41, 5.74) is 0. The van der Waals surface area contributed by atoms with Gasteiger partial charge in [-0.15, -0.1) is 0 Å². The number of nitrogens with zero attached hydrogens (tertiary/aromatic N) is 3. The second-order valence-electron chi connectivity index (χ2n) is 4.80. The van der Waals surface area contributed by atoms with Crippen LogP contribution in [0.25, 0.3) is 0 Å². The number of rotatable bonds is 1. The zero-order chi connectivity index (χ0) is 11.0. The third kappa shape index (κ3) is 1.83. The topological polar surface area (TPSA) is 29.0 Å². The van der Waals surface area contributed by atoms with E-state index in [9.17, 15) is 0 Å². The van der Waals surface area contributed by atoms with E-state index in [1.54, 1.807) is 0 Å². The van der Waals surface area contributed by atoms with Crippen LogP contribution in [-0.2, 0) is 0 Å². The lowest BCUT2D eigenvalue weighted by atomic mass is 9.92. The van der Waals surface area contributed by atoms with Crippen LogP contribution in [-0.4, -0.2) is 22.6 Å². The van der Waals surface area contributed by atoms with Gasteiger partial charge in [-0.1, -0.05) is 6.42 Å². The van der Waals surface area contributed by atoms with Crippen LogP contribution in [0.3, 0.4) is 0 Å². The summed E-state index contributed by atoms with van der Waals surface area (Å²) in [6.07, 6.45) is 10.5. The van der Waals surface area contributed by atoms with E-state index in [2.05, 4.69) is 30.8 Å². The van der Waals surface area contributed by atoms with Gasteiger partial charge in [0.15, 0.2) is 0 Å². The first-order chi connectivity index (χ1) is 7.84. The van der Waals surface area contributed by atoms with Crippen LogP contribution in [0.5, 0.6) is 0 Å². The second kappa shape index (κ2) is 4.32. The fourth-order valence-corrected chi connectivity index (χ4v) is 3.36. The lowest BCUT2D eigenvalue weighted by molar-refractivity contribution is 0.358. The molecule has 1 aliphatic carbocycles. The molecular weight excluding hydrogens is 266 g/mol. The fourth-order valence-electron chi connectivity index (χ4n) is 3.16. The monoisotopic (exact) mass is 281 g/mol. The Hall–Kier alpha value is -0.640. The van der Waals surface area contributed by atoms with E-state index in [0.29, 0.717) is 6.04 Å². The van der Waals surface area contributed by atoms with Crippen molar-refractivity contribution in [3.8, 4) is 0 Å². The molecule has 1 aromatic rings. The number of fused-ring (bicyclic) bond motifs is 1. The lowest BCUT2D eigenvalue weighted by Crippen LogP contribution is -2.43. The zero-order valence-corrected chi connectivity index (χ0v) is 10.9. The summed E-state index contributed by atoms with van der Waals surface area (Å²) in [4.78, 5) is 11.3. The molecule has 1 aromatic heterocycles. The third-order valence-electron chi connectivity index (χ3n) is 3.86. The number of aromatic nitrogens is 2. The first-order valence-corrected chi connectivity index (χ1v) is 6.88. The predicted octanol–water partition coefficient (Wildman–Crippen LogP) is 3.01. The Morgan fingerprint density at radius 3 is 2.69 bits per heavy atom. The highest BCUT2D eigenvalue weighted by atomic mass is 79.9. The Bertz CT molecular complexity index is 365. The minimum atomic E-state index is 0.704. The van der Waals surface area contributed by atoms with E-state index in [4.69, 9.17) is 0 Å². The number of hydrogen-bond donors (Lipinski definition) is 0. The van der Waals surface area contributed by atoms with Gasteiger partial charge in [0.2, 0.25) is 5.95 Å². The highest BCUT2D eigenvalue weighted by Gasteiger charge is 2.35. The van der Waals surface area contributed by atoms with Crippen LogP contribution >= 0.6 is 15.9 Å². The Morgan fingerprint density at radius 2 is 1.88 bits per heavy atom. The van der Waals surface area contributed by atoms with Gasteiger partial charge in [-0.2, -0.15) is 0 Å². The molecule has 3 rings (SSSR count). The van der Waals surface area contributed by atoms with Gasteiger partial charge in [0.05, 0.1) is 4.47 Å². The summed E-state index contributed by atoms with van der Waals surface area (Å²) in [5.74, 6) is 1.81. The van der Waals surface area contributed by atoms with Crippen LogP contribution in [0, 0.1) is 5.92 Å². The molecule has 2 aliphatic rings. The van der Waals surface area contributed by atoms with Gasteiger partial charge in [0.1, 0.15) is 0 Å². The summed E-state index contributed by atoms with van der Waals surface area (Å²) in [6, 6.07) is 0.704. The summed E-state index contributed by atoms with van der Waals surface area (Å²) >= 11 is 3.38. The van der Waals surface area contributed by atoms with Crippen molar-refractivity contribution >= 4 is 21.9 Å². The molecule has 0 radical (unpaired) electrons. The Morgan fingerprint density at radius 1 is 1.12 bits per heavy atom. The molecule has 16 heavy (non-hydrogen) atoms. The average Bonchev–Trinajstić information content (AvgIpc) is 2.78. The number of anilines is 1. The van der Waals surface area contributed by atoms with Crippen LogP contribution in [0.1, 0.15) is 32.1 Å². The molecule has 4 heteroatoms. The Kier molecular flexibility index (Phi) is 2.84. The normalized spacial score (nSPS) is 29.2. The van der Waals surface area contributed by atoms with Crippen molar-refractivity contribution in [2.45, 2.75) is 38.1 Å². The van der Waals surface area contributed by atoms with Crippen molar-refractivity contribution in [2.24, 2.45) is 5.92 Å². The van der Waals surface area contributed by atoms with Crippen molar-refractivity contribution in [1.29, 1.82) is 0 Å². The standard InChI is InChI=1S/C12H16BrN3/c13-10-7-14-12(15-8-10)16-6-2-4-9-3-1-5-11(9)16/h7-9,11H,1-6H2. The molecular formula is C12H16BrN3. The summed E-state index contributed by atoms with van der Waals surface area (Å²) in [5, 5.41) is 0. The van der Waals surface area contributed by atoms with Crippen molar-refractivity contribution in [3.05, 3.63) is 16.9 Å². The minimum Gasteiger partial charge on any atom is -0.338 e. The van der Waals surface area contributed by atoms with Crippen molar-refractivity contribution in [3.63, 3.8) is 0 Å². The van der Waals surface area contributed by atoms with Crippen LogP contribution in [0.4, 0.5) is 5.95 Å². The van der Waals surface area contributed by atoms with Crippen molar-refractivity contribution < 1.29 is 0 Å². The molecule has 0 spiro atoms. The van der Waals surface area contributed by atoms with Gasteiger partial charge in [0.25, 0.3) is 0 Å². The van der Waals surface area contributed by atoms with E-state index < -0.39 is 0 Å². The lowest BCUT2D eigenvalue weighted by Gasteiger charge is -2.37. The van der Waals surface area contributed by atoms with E-state index in [1.165, 1.54) is 32.1 Å². The van der Waals surface area contributed by atoms with Crippen LogP contribution in [0.15, 0.2) is 16.9 Å². The summed E-state index contributed by atoms with van der Waals surface area (Å²) < 4.78 is 0.955. The van der Waals surface area contributed by atoms with E-state index >= 15 is 0 Å². The smallest absolute Gasteiger partial charge is 0.225 e. The maximum Gasteiger partial charge on any atom is 0.225 e. The maximum absolute atomic E-state index is 4.43. The average molecular weight is 282 g/mol. The number of hydrogen-bond acceptors (Lipinski definition) is 3. The van der Waals surface area contributed by atoms with Gasteiger partial charge >= 0.3 is 0 Å². The number of halogens is 1. The summed E-state index contributed by atoms with van der Waals surface area (Å²) in [7, 11) is 0. The van der Waals surface area contributed by atoms with Gasteiger partial charge in [0, 0.05) is 25.0 Å². The molecule has 1 aliphatic heterocycles. The van der Waals surface area contributed by atoms with Gasteiger partial charge in [-0.25, -0.2) is 9.97 Å². The molecule has 0 aromatic carbocycles. The van der Waals surface area contributed by atoms with Crippen molar-refractivity contribution in [2.75, 3.05) is 11.4 Å². The predicted molar refractivity (Wildman–Crippen MR) is 67.4 cm³/mol. The minimum absolute atomic E-state index is 0.704. The quantitative estimate of drug-likeness (QED) is 0.793. The molecule has 86 valence electrons. The molecule has 1 saturated heterocycles. The highest BCUT2D eigenvalue weighted by Crippen LogP contribution is 2.37. The van der Waals surface area contributed by atoms with E-state index in [0.717, 1.165) is 22.9 Å². The molecule has 3 nitrogen and oxygen atoms in total. The second-order valence-corrected chi connectivity index (χ2v) is 5.71.